The Balaban J connectivity index is 2.53. The number of carbonyl (C=O) groups excluding carboxylic acids is 1. The Kier molecular flexibility index (Phi) is 6.75. The van der Waals surface area contributed by atoms with Gasteiger partial charge in [0.05, 0.1) is 6.04 Å². The van der Waals surface area contributed by atoms with Gasteiger partial charge in [0.1, 0.15) is 5.82 Å². The molecule has 0 spiro atoms. The lowest BCUT2D eigenvalue weighted by atomic mass is 10.1. The molecule has 20 heavy (non-hydrogen) atoms. The van der Waals surface area contributed by atoms with Crippen LogP contribution in [0.5, 0.6) is 0 Å². The summed E-state index contributed by atoms with van der Waals surface area (Å²) in [5.41, 5.74) is 0.271. The second-order valence-electron chi connectivity index (χ2n) is 4.83. The van der Waals surface area contributed by atoms with Gasteiger partial charge >= 0.3 is 6.03 Å². The number of amides is 2. The highest BCUT2D eigenvalue weighted by atomic mass is 35.5. The molecular weight excluding hydrogens is 283 g/mol. The Hall–Kier alpha value is -1.33. The molecule has 2 atom stereocenters. The van der Waals surface area contributed by atoms with Gasteiger partial charge in [-0.1, -0.05) is 24.6 Å². The summed E-state index contributed by atoms with van der Waals surface area (Å²) >= 11 is 5.94. The highest BCUT2D eigenvalue weighted by Gasteiger charge is 2.16. The van der Waals surface area contributed by atoms with Crippen LogP contribution in [0.15, 0.2) is 18.2 Å². The molecule has 6 heteroatoms. The van der Waals surface area contributed by atoms with Crippen molar-refractivity contribution in [3.05, 3.63) is 34.6 Å². The molecule has 0 radical (unpaired) electrons. The number of carbonyl (C=O) groups is 1. The molecular formula is C14H20ClFN2O2. The molecule has 0 saturated carbocycles. The molecule has 1 aromatic rings. The van der Waals surface area contributed by atoms with Crippen LogP contribution >= 0.6 is 11.6 Å². The van der Waals surface area contributed by atoms with E-state index >= 15 is 0 Å². The zero-order valence-electron chi connectivity index (χ0n) is 11.6. The Labute approximate surface area is 123 Å². The molecule has 4 nitrogen and oxygen atoms in total. The smallest absolute Gasteiger partial charge is 0.315 e. The third-order valence-electron chi connectivity index (χ3n) is 3.01. The van der Waals surface area contributed by atoms with Crippen LogP contribution in [0.3, 0.4) is 0 Å². The van der Waals surface area contributed by atoms with E-state index in [1.807, 2.05) is 6.92 Å². The quantitative estimate of drug-likeness (QED) is 0.756. The second-order valence-corrected chi connectivity index (χ2v) is 5.24. The summed E-state index contributed by atoms with van der Waals surface area (Å²) in [5.74, 6) is -0.267. The van der Waals surface area contributed by atoms with Crippen LogP contribution in [0.2, 0.25) is 5.02 Å². The first-order valence-electron chi connectivity index (χ1n) is 6.54. The number of aliphatic hydroxyl groups is 1. The van der Waals surface area contributed by atoms with Crippen molar-refractivity contribution in [3.63, 3.8) is 0 Å². The summed E-state index contributed by atoms with van der Waals surface area (Å²) in [5, 5.41) is 14.4. The van der Waals surface area contributed by atoms with E-state index < -0.39 is 11.9 Å². The monoisotopic (exact) mass is 302 g/mol. The number of benzene rings is 1. The van der Waals surface area contributed by atoms with E-state index in [1.54, 1.807) is 13.0 Å². The molecule has 0 aromatic heterocycles. The average Bonchev–Trinajstić information content (AvgIpc) is 2.36. The van der Waals surface area contributed by atoms with Crippen molar-refractivity contribution < 1.29 is 14.3 Å². The van der Waals surface area contributed by atoms with Gasteiger partial charge in [-0.15, -0.1) is 0 Å². The fourth-order valence-electron chi connectivity index (χ4n) is 1.83. The van der Waals surface area contributed by atoms with Gasteiger partial charge in [-0.25, -0.2) is 9.18 Å². The van der Waals surface area contributed by atoms with Crippen LogP contribution in [0.25, 0.3) is 0 Å². The molecule has 0 aliphatic heterocycles. The summed E-state index contributed by atoms with van der Waals surface area (Å²) < 4.78 is 13.7. The maximum atomic E-state index is 13.7. The minimum Gasteiger partial charge on any atom is -0.396 e. The zero-order valence-corrected chi connectivity index (χ0v) is 12.4. The molecule has 0 heterocycles. The second kappa shape index (κ2) is 8.07. The van der Waals surface area contributed by atoms with Crippen molar-refractivity contribution in [2.75, 3.05) is 13.2 Å². The van der Waals surface area contributed by atoms with E-state index in [1.165, 1.54) is 12.1 Å². The lowest BCUT2D eigenvalue weighted by Crippen LogP contribution is -2.39. The van der Waals surface area contributed by atoms with Crippen LogP contribution in [0, 0.1) is 11.7 Å². The third kappa shape index (κ3) is 4.98. The van der Waals surface area contributed by atoms with Crippen LogP contribution < -0.4 is 10.6 Å². The number of hydrogen-bond donors (Lipinski definition) is 3. The van der Waals surface area contributed by atoms with E-state index in [9.17, 15) is 9.18 Å². The first kappa shape index (κ1) is 16.7. The van der Waals surface area contributed by atoms with E-state index in [4.69, 9.17) is 16.7 Å². The predicted octanol–water partition coefficient (Wildman–Crippen LogP) is 2.86. The first-order chi connectivity index (χ1) is 9.45. The minimum absolute atomic E-state index is 0.0890. The van der Waals surface area contributed by atoms with Crippen LogP contribution in [-0.2, 0) is 0 Å². The van der Waals surface area contributed by atoms with Gasteiger partial charge in [-0.3, -0.25) is 0 Å². The summed E-state index contributed by atoms with van der Waals surface area (Å²) in [7, 11) is 0. The maximum absolute atomic E-state index is 13.7. The molecule has 1 aromatic carbocycles. The number of halogens is 2. The van der Waals surface area contributed by atoms with Gasteiger partial charge in [0.15, 0.2) is 0 Å². The largest absolute Gasteiger partial charge is 0.396 e. The number of urea groups is 1. The van der Waals surface area contributed by atoms with E-state index in [0.717, 1.165) is 0 Å². The van der Waals surface area contributed by atoms with Crippen LogP contribution in [0.4, 0.5) is 9.18 Å². The molecule has 0 bridgehead atoms. The van der Waals surface area contributed by atoms with Crippen molar-refractivity contribution in [1.29, 1.82) is 0 Å². The van der Waals surface area contributed by atoms with Crippen molar-refractivity contribution in [2.45, 2.75) is 26.3 Å². The first-order valence-corrected chi connectivity index (χ1v) is 6.92. The molecule has 112 valence electrons. The normalized spacial score (nSPS) is 13.7. The minimum atomic E-state index is -0.531. The average molecular weight is 303 g/mol. The van der Waals surface area contributed by atoms with Gasteiger partial charge in [-0.2, -0.15) is 0 Å². The van der Waals surface area contributed by atoms with Crippen molar-refractivity contribution in [2.24, 2.45) is 5.92 Å². The predicted molar refractivity (Wildman–Crippen MR) is 77.2 cm³/mol. The molecule has 2 amide bonds. The topological polar surface area (TPSA) is 61.4 Å². The Bertz CT molecular complexity index is 437. The molecule has 0 aliphatic carbocycles. The molecule has 3 N–H and O–H groups in total. The van der Waals surface area contributed by atoms with Gasteiger partial charge in [-0.05, 0) is 31.4 Å². The molecule has 2 unspecified atom stereocenters. The highest BCUT2D eigenvalue weighted by Crippen LogP contribution is 2.25. The van der Waals surface area contributed by atoms with Crippen molar-refractivity contribution >= 4 is 17.6 Å². The Morgan fingerprint density at radius 2 is 2.15 bits per heavy atom. The number of hydrogen-bond acceptors (Lipinski definition) is 2. The molecule has 0 fully saturated rings. The number of rotatable bonds is 6. The lowest BCUT2D eigenvalue weighted by Gasteiger charge is -2.18. The molecule has 0 aliphatic rings. The molecule has 0 saturated heterocycles. The summed E-state index contributed by atoms with van der Waals surface area (Å²) in [4.78, 5) is 11.7. The van der Waals surface area contributed by atoms with Gasteiger partial charge in [0, 0.05) is 23.7 Å². The number of nitrogens with one attached hydrogen (secondary N) is 2. The molecule has 1 rings (SSSR count). The fraction of sp³-hybridized carbons (Fsp3) is 0.500. The summed E-state index contributed by atoms with van der Waals surface area (Å²) in [6.07, 6.45) is 0.620. The highest BCUT2D eigenvalue weighted by molar-refractivity contribution is 6.31. The van der Waals surface area contributed by atoms with Crippen LogP contribution in [0.1, 0.15) is 31.9 Å². The zero-order chi connectivity index (χ0) is 15.1. The third-order valence-corrected chi connectivity index (χ3v) is 3.34. The summed E-state index contributed by atoms with van der Waals surface area (Å²) in [6.45, 7) is 4.13. The Morgan fingerprint density at radius 1 is 1.45 bits per heavy atom. The van der Waals surface area contributed by atoms with Crippen molar-refractivity contribution in [3.8, 4) is 0 Å². The maximum Gasteiger partial charge on any atom is 0.315 e. The SMILES string of the molecule is CC(CCO)CNC(=O)NC(C)c1c(F)cccc1Cl. The van der Waals surface area contributed by atoms with E-state index in [0.29, 0.717) is 13.0 Å². The van der Waals surface area contributed by atoms with E-state index in [-0.39, 0.29) is 29.1 Å². The van der Waals surface area contributed by atoms with E-state index in [2.05, 4.69) is 10.6 Å². The number of aliphatic hydroxyl groups excluding tert-OH is 1. The lowest BCUT2D eigenvalue weighted by molar-refractivity contribution is 0.231. The fourth-order valence-corrected chi connectivity index (χ4v) is 2.16. The standard InChI is InChI=1S/C14H20ClFN2O2/c1-9(6-7-19)8-17-14(20)18-10(2)13-11(15)4-3-5-12(13)16/h3-5,9-10,19H,6-8H2,1-2H3,(H2,17,18,20). The Morgan fingerprint density at radius 3 is 2.75 bits per heavy atom. The van der Waals surface area contributed by atoms with Gasteiger partial charge in [0.25, 0.3) is 0 Å². The van der Waals surface area contributed by atoms with Gasteiger partial charge < -0.3 is 15.7 Å². The summed E-state index contributed by atoms with van der Waals surface area (Å²) in [6, 6.07) is 3.49. The van der Waals surface area contributed by atoms with Crippen LogP contribution in [-0.4, -0.2) is 24.3 Å². The van der Waals surface area contributed by atoms with Gasteiger partial charge in [0.2, 0.25) is 0 Å². The van der Waals surface area contributed by atoms with Crippen molar-refractivity contribution in [1.82, 2.24) is 10.6 Å².